The van der Waals surface area contributed by atoms with Gasteiger partial charge < -0.3 is 4.74 Å². The molecule has 1 aliphatic rings. The maximum atomic E-state index is 11.1. The van der Waals surface area contributed by atoms with Crippen molar-refractivity contribution in [2.75, 3.05) is 7.11 Å². The molecule has 74 valence electrons. The minimum Gasteiger partial charge on any atom is -0.469 e. The molecule has 0 unspecified atom stereocenters. The summed E-state index contributed by atoms with van der Waals surface area (Å²) in [7, 11) is 1.41. The van der Waals surface area contributed by atoms with Crippen molar-refractivity contribution in [3.63, 3.8) is 0 Å². The van der Waals surface area contributed by atoms with Gasteiger partial charge in [-0.1, -0.05) is 11.8 Å². The number of carbonyl (C=O) groups excluding carboxylic acids is 2. The molecule has 0 aliphatic heterocycles. The van der Waals surface area contributed by atoms with Crippen LogP contribution in [0.3, 0.4) is 0 Å². The second-order valence-corrected chi connectivity index (χ2v) is 4.74. The van der Waals surface area contributed by atoms with Crippen molar-refractivity contribution < 1.29 is 14.3 Å². The number of esters is 1. The molecule has 0 spiro atoms. The standard InChI is InChI=1S/C9H14O3S/c1-6(10)13-8-4-3-7(5-8)9(11)12-2/h7-8H,3-5H2,1-2H3/t7-,8-/m0/s1. The highest BCUT2D eigenvalue weighted by molar-refractivity contribution is 8.14. The first-order valence-corrected chi connectivity index (χ1v) is 5.26. The van der Waals surface area contributed by atoms with Gasteiger partial charge in [0.05, 0.1) is 13.0 Å². The average molecular weight is 202 g/mol. The molecule has 1 rings (SSSR count). The van der Waals surface area contributed by atoms with E-state index in [1.165, 1.54) is 18.9 Å². The van der Waals surface area contributed by atoms with Crippen LogP contribution in [0.2, 0.25) is 0 Å². The molecule has 0 bridgehead atoms. The van der Waals surface area contributed by atoms with Crippen LogP contribution in [-0.4, -0.2) is 23.4 Å². The van der Waals surface area contributed by atoms with Crippen LogP contribution >= 0.6 is 11.8 Å². The first-order valence-electron chi connectivity index (χ1n) is 4.38. The molecule has 0 heterocycles. The number of thioether (sulfide) groups is 1. The third-order valence-corrected chi connectivity index (χ3v) is 3.35. The number of rotatable bonds is 2. The Bertz CT molecular complexity index is 215. The Labute approximate surface area is 82.2 Å². The van der Waals surface area contributed by atoms with Gasteiger partial charge in [0.15, 0.2) is 5.12 Å². The Hall–Kier alpha value is -0.510. The van der Waals surface area contributed by atoms with E-state index in [1.807, 2.05) is 0 Å². The van der Waals surface area contributed by atoms with Crippen LogP contribution in [0.25, 0.3) is 0 Å². The summed E-state index contributed by atoms with van der Waals surface area (Å²) in [4.78, 5) is 21.9. The van der Waals surface area contributed by atoms with E-state index in [0.29, 0.717) is 5.25 Å². The van der Waals surface area contributed by atoms with Gasteiger partial charge in [0.1, 0.15) is 0 Å². The van der Waals surface area contributed by atoms with Gasteiger partial charge in [-0.3, -0.25) is 9.59 Å². The van der Waals surface area contributed by atoms with Crippen LogP contribution in [0.15, 0.2) is 0 Å². The molecule has 1 saturated carbocycles. The van der Waals surface area contributed by atoms with Crippen LogP contribution in [0.5, 0.6) is 0 Å². The fraction of sp³-hybridized carbons (Fsp3) is 0.778. The van der Waals surface area contributed by atoms with Gasteiger partial charge in [-0.25, -0.2) is 0 Å². The highest BCUT2D eigenvalue weighted by Gasteiger charge is 2.31. The summed E-state index contributed by atoms with van der Waals surface area (Å²) in [6.45, 7) is 1.57. The Morgan fingerprint density at radius 3 is 2.62 bits per heavy atom. The Morgan fingerprint density at radius 2 is 2.08 bits per heavy atom. The van der Waals surface area contributed by atoms with Gasteiger partial charge in [-0.15, -0.1) is 0 Å². The third-order valence-electron chi connectivity index (χ3n) is 2.25. The third kappa shape index (κ3) is 3.03. The van der Waals surface area contributed by atoms with Crippen molar-refractivity contribution in [3.05, 3.63) is 0 Å². The van der Waals surface area contributed by atoms with Crippen molar-refractivity contribution in [1.82, 2.24) is 0 Å². The SMILES string of the molecule is COC(=O)[C@H]1CC[C@H](SC(C)=O)C1. The maximum absolute atomic E-state index is 11.1. The first-order chi connectivity index (χ1) is 6.13. The second-order valence-electron chi connectivity index (χ2n) is 3.26. The van der Waals surface area contributed by atoms with Crippen LogP contribution in [0.4, 0.5) is 0 Å². The van der Waals surface area contributed by atoms with Gasteiger partial charge in [-0.05, 0) is 19.3 Å². The number of hydrogen-bond donors (Lipinski definition) is 0. The summed E-state index contributed by atoms with van der Waals surface area (Å²) in [6.07, 6.45) is 2.60. The molecule has 4 heteroatoms. The van der Waals surface area contributed by atoms with Crippen molar-refractivity contribution >= 4 is 22.8 Å². The van der Waals surface area contributed by atoms with E-state index < -0.39 is 0 Å². The molecule has 0 aromatic carbocycles. The van der Waals surface area contributed by atoms with Crippen molar-refractivity contribution in [2.45, 2.75) is 31.4 Å². The predicted molar refractivity (Wildman–Crippen MR) is 51.4 cm³/mol. The molecule has 3 nitrogen and oxygen atoms in total. The van der Waals surface area contributed by atoms with E-state index in [0.717, 1.165) is 19.3 Å². The largest absolute Gasteiger partial charge is 0.469 e. The molecule has 1 aliphatic carbocycles. The van der Waals surface area contributed by atoms with E-state index in [-0.39, 0.29) is 17.0 Å². The van der Waals surface area contributed by atoms with E-state index in [1.54, 1.807) is 6.92 Å². The summed E-state index contributed by atoms with van der Waals surface area (Å²) >= 11 is 1.35. The maximum Gasteiger partial charge on any atom is 0.308 e. The average Bonchev–Trinajstić information content (AvgIpc) is 2.50. The number of hydrogen-bond acceptors (Lipinski definition) is 4. The Morgan fingerprint density at radius 1 is 1.38 bits per heavy atom. The molecular formula is C9H14O3S. The summed E-state index contributed by atoms with van der Waals surface area (Å²) in [5.74, 6) is -0.117. The zero-order chi connectivity index (χ0) is 9.84. The normalized spacial score (nSPS) is 27.2. The lowest BCUT2D eigenvalue weighted by atomic mass is 10.1. The van der Waals surface area contributed by atoms with Crippen LogP contribution in [0, 0.1) is 5.92 Å². The molecule has 1 fully saturated rings. The molecule has 0 amide bonds. The summed E-state index contributed by atoms with van der Waals surface area (Å²) in [5.41, 5.74) is 0. The lowest BCUT2D eigenvalue weighted by Gasteiger charge is -2.07. The minimum atomic E-state index is -0.133. The van der Waals surface area contributed by atoms with Crippen LogP contribution in [-0.2, 0) is 14.3 Å². The van der Waals surface area contributed by atoms with Crippen LogP contribution < -0.4 is 0 Å². The number of carbonyl (C=O) groups is 2. The summed E-state index contributed by atoms with van der Waals surface area (Å²) in [6, 6.07) is 0. The van der Waals surface area contributed by atoms with E-state index in [2.05, 4.69) is 4.74 Å². The predicted octanol–water partition coefficient (Wildman–Crippen LogP) is 1.61. The monoisotopic (exact) mass is 202 g/mol. The first kappa shape index (κ1) is 10.6. The Balaban J connectivity index is 2.36. The smallest absolute Gasteiger partial charge is 0.308 e. The fourth-order valence-corrected chi connectivity index (χ4v) is 2.71. The minimum absolute atomic E-state index is 0.0156. The molecule has 0 aromatic rings. The van der Waals surface area contributed by atoms with Gasteiger partial charge in [0, 0.05) is 12.2 Å². The van der Waals surface area contributed by atoms with Crippen molar-refractivity contribution in [3.8, 4) is 0 Å². The summed E-state index contributed by atoms with van der Waals surface area (Å²) < 4.78 is 4.65. The van der Waals surface area contributed by atoms with E-state index >= 15 is 0 Å². The van der Waals surface area contributed by atoms with Gasteiger partial charge >= 0.3 is 5.97 Å². The highest BCUT2D eigenvalue weighted by atomic mass is 32.2. The molecular weight excluding hydrogens is 188 g/mol. The molecule has 0 aromatic heterocycles. The lowest BCUT2D eigenvalue weighted by Crippen LogP contribution is -2.13. The molecule has 13 heavy (non-hydrogen) atoms. The molecule has 0 N–H and O–H groups in total. The highest BCUT2D eigenvalue weighted by Crippen LogP contribution is 2.34. The van der Waals surface area contributed by atoms with E-state index in [9.17, 15) is 9.59 Å². The topological polar surface area (TPSA) is 43.4 Å². The fourth-order valence-electron chi connectivity index (χ4n) is 1.66. The van der Waals surface area contributed by atoms with Gasteiger partial charge in [0.2, 0.25) is 0 Å². The molecule has 0 saturated heterocycles. The number of ether oxygens (including phenoxy) is 1. The van der Waals surface area contributed by atoms with Crippen LogP contribution in [0.1, 0.15) is 26.2 Å². The second kappa shape index (κ2) is 4.65. The Kier molecular flexibility index (Phi) is 3.78. The lowest BCUT2D eigenvalue weighted by molar-refractivity contribution is -0.145. The van der Waals surface area contributed by atoms with Gasteiger partial charge in [0.25, 0.3) is 0 Å². The van der Waals surface area contributed by atoms with Gasteiger partial charge in [-0.2, -0.15) is 0 Å². The van der Waals surface area contributed by atoms with Crippen molar-refractivity contribution in [1.29, 1.82) is 0 Å². The quantitative estimate of drug-likeness (QED) is 0.638. The zero-order valence-electron chi connectivity index (χ0n) is 7.91. The van der Waals surface area contributed by atoms with E-state index in [4.69, 9.17) is 0 Å². The zero-order valence-corrected chi connectivity index (χ0v) is 8.73. The summed E-state index contributed by atoms with van der Waals surface area (Å²) in [5, 5.41) is 0.456. The molecule has 2 atom stereocenters. The molecule has 0 radical (unpaired) electrons. The number of methoxy groups -OCH3 is 1. The van der Waals surface area contributed by atoms with Crippen molar-refractivity contribution in [2.24, 2.45) is 5.92 Å².